The van der Waals surface area contributed by atoms with Crippen molar-refractivity contribution in [3.8, 4) is 11.1 Å². The summed E-state index contributed by atoms with van der Waals surface area (Å²) in [4.78, 5) is 7.79. The van der Waals surface area contributed by atoms with Crippen LogP contribution in [0.5, 0.6) is 0 Å². The van der Waals surface area contributed by atoms with Crippen LogP contribution in [0.1, 0.15) is 69.6 Å². The van der Waals surface area contributed by atoms with E-state index in [-0.39, 0.29) is 17.4 Å². The Labute approximate surface area is 262 Å². The van der Waals surface area contributed by atoms with Gasteiger partial charge in [-0.1, -0.05) is 131 Å². The maximum atomic E-state index is 5.23. The Hall–Kier alpha value is -4.43. The fraction of sp³-hybridized carbons (Fsp3) is 0.262. The van der Waals surface area contributed by atoms with Crippen molar-refractivity contribution >= 4 is 39.5 Å². The molecule has 1 heterocycles. The van der Waals surface area contributed by atoms with Gasteiger partial charge in [-0.15, -0.1) is 0 Å². The largest absolute Gasteiger partial charge is 0.324 e. The molecule has 1 aliphatic heterocycles. The van der Waals surface area contributed by atoms with Crippen LogP contribution in [0.3, 0.4) is 0 Å². The van der Waals surface area contributed by atoms with Gasteiger partial charge in [0.05, 0.1) is 12.1 Å². The maximum absolute atomic E-state index is 5.23. The third kappa shape index (κ3) is 4.78. The Morgan fingerprint density at radius 3 is 2.41 bits per heavy atom. The van der Waals surface area contributed by atoms with Gasteiger partial charge in [-0.3, -0.25) is 4.99 Å². The van der Waals surface area contributed by atoms with Crippen LogP contribution in [0, 0.1) is 5.41 Å². The monoisotopic (exact) mass is 574 g/mol. The second-order valence-electron chi connectivity index (χ2n) is 13.4. The van der Waals surface area contributed by atoms with Gasteiger partial charge in [0.25, 0.3) is 0 Å². The predicted molar refractivity (Wildman–Crippen MR) is 191 cm³/mol. The van der Waals surface area contributed by atoms with E-state index < -0.39 is 0 Å². The van der Waals surface area contributed by atoms with Crippen LogP contribution < -0.4 is 0 Å². The minimum absolute atomic E-state index is 0.0110. The minimum Gasteiger partial charge on any atom is -0.324 e. The van der Waals surface area contributed by atoms with Crippen LogP contribution in [-0.4, -0.2) is 22.8 Å². The normalized spacial score (nSPS) is 21.6. The van der Waals surface area contributed by atoms with Crippen molar-refractivity contribution in [1.29, 1.82) is 0 Å². The van der Waals surface area contributed by atoms with Crippen LogP contribution in [0.4, 0.5) is 0 Å². The second kappa shape index (κ2) is 11.2. The predicted octanol–water partition coefficient (Wildman–Crippen LogP) is 11.1. The lowest BCUT2D eigenvalue weighted by Crippen LogP contribution is -2.43. The first-order valence-corrected chi connectivity index (χ1v) is 16.1. The maximum Gasteiger partial charge on any atom is 0.110 e. The zero-order valence-corrected chi connectivity index (χ0v) is 26.4. The highest BCUT2D eigenvalue weighted by atomic mass is 15.3. The highest BCUT2D eigenvalue weighted by molar-refractivity contribution is 6.07. The van der Waals surface area contributed by atoms with Crippen molar-refractivity contribution in [3.63, 3.8) is 0 Å². The van der Waals surface area contributed by atoms with Gasteiger partial charge >= 0.3 is 0 Å². The van der Waals surface area contributed by atoms with Crippen molar-refractivity contribution in [2.24, 2.45) is 10.4 Å². The molecule has 2 nitrogen and oxygen atoms in total. The lowest BCUT2D eigenvalue weighted by Gasteiger charge is -2.37. The molecular weight excluding hydrogens is 532 g/mol. The molecule has 0 aromatic heterocycles. The van der Waals surface area contributed by atoms with E-state index in [1.54, 1.807) is 0 Å². The SMILES string of the molecule is C=Cc1c(/C=C\C)c(-c2ccc3ccccc3c2)c2ccccc2c1C1C=CC(N2C(C(C)(C)C)=NC3C=CCCC32)=CC1. The summed E-state index contributed by atoms with van der Waals surface area (Å²) in [5.41, 5.74) is 7.64. The van der Waals surface area contributed by atoms with Crippen LogP contribution >= 0.6 is 0 Å². The standard InChI is InChI=1S/C42H42N2/c1-6-14-34-33(7-2)39(35-17-10-11-18-36(35)40(34)31-22-21-28-15-8-9-16-30(28)27-31)29-23-25-32(26-24-29)44-38-20-13-12-19-37(38)43-41(44)42(3,4)5/h6-12,14-19,21-23,25-27,29,37-38H,2,13,20,24H2,1,3-5H3/b14-6-. The van der Waals surface area contributed by atoms with E-state index in [2.05, 4.69) is 155 Å². The first-order chi connectivity index (χ1) is 21.4. The van der Waals surface area contributed by atoms with E-state index in [0.717, 1.165) is 19.3 Å². The van der Waals surface area contributed by atoms with Crippen LogP contribution in [0.25, 0.3) is 44.8 Å². The first kappa shape index (κ1) is 28.3. The highest BCUT2D eigenvalue weighted by Gasteiger charge is 2.41. The summed E-state index contributed by atoms with van der Waals surface area (Å²) in [6.07, 6.45) is 21.6. The molecule has 0 spiro atoms. The lowest BCUT2D eigenvalue weighted by atomic mass is 9.79. The Balaban J connectivity index is 1.34. The van der Waals surface area contributed by atoms with Crippen molar-refractivity contribution in [2.75, 3.05) is 0 Å². The zero-order chi connectivity index (χ0) is 30.4. The molecule has 220 valence electrons. The molecule has 2 heteroatoms. The molecule has 7 rings (SSSR count). The quantitative estimate of drug-likeness (QED) is 0.216. The highest BCUT2D eigenvalue weighted by Crippen LogP contribution is 2.45. The van der Waals surface area contributed by atoms with E-state index in [9.17, 15) is 0 Å². The Morgan fingerprint density at radius 2 is 1.68 bits per heavy atom. The molecule has 4 aromatic rings. The summed E-state index contributed by atoms with van der Waals surface area (Å²) >= 11 is 0. The van der Waals surface area contributed by atoms with Gasteiger partial charge < -0.3 is 4.90 Å². The summed E-state index contributed by atoms with van der Waals surface area (Å²) in [6.45, 7) is 13.4. The third-order valence-corrected chi connectivity index (χ3v) is 9.50. The van der Waals surface area contributed by atoms with Crippen molar-refractivity contribution in [2.45, 2.75) is 65.0 Å². The Bertz CT molecular complexity index is 1920. The zero-order valence-electron chi connectivity index (χ0n) is 26.4. The molecule has 0 amide bonds. The minimum atomic E-state index is -0.0110. The first-order valence-electron chi connectivity index (χ1n) is 16.1. The second-order valence-corrected chi connectivity index (χ2v) is 13.4. The van der Waals surface area contributed by atoms with Gasteiger partial charge in [0.15, 0.2) is 0 Å². The molecule has 3 aliphatic rings. The summed E-state index contributed by atoms with van der Waals surface area (Å²) in [6, 6.07) is 25.1. The fourth-order valence-electron chi connectivity index (χ4n) is 7.56. The third-order valence-electron chi connectivity index (χ3n) is 9.50. The number of fused-ring (bicyclic) bond motifs is 3. The molecule has 3 atom stereocenters. The van der Waals surface area contributed by atoms with E-state index in [4.69, 9.17) is 4.99 Å². The molecule has 0 bridgehead atoms. The van der Waals surface area contributed by atoms with Gasteiger partial charge in [0.1, 0.15) is 5.84 Å². The van der Waals surface area contributed by atoms with E-state index >= 15 is 0 Å². The fourth-order valence-corrected chi connectivity index (χ4v) is 7.56. The lowest BCUT2D eigenvalue weighted by molar-refractivity contribution is 0.338. The topological polar surface area (TPSA) is 15.6 Å². The van der Waals surface area contributed by atoms with E-state index in [1.807, 2.05) is 0 Å². The summed E-state index contributed by atoms with van der Waals surface area (Å²) in [5, 5.41) is 5.12. The summed E-state index contributed by atoms with van der Waals surface area (Å²) in [7, 11) is 0. The Kier molecular flexibility index (Phi) is 7.25. The number of allylic oxidation sites excluding steroid dienone is 5. The van der Waals surface area contributed by atoms with Crippen molar-refractivity contribution < 1.29 is 0 Å². The number of amidine groups is 1. The summed E-state index contributed by atoms with van der Waals surface area (Å²) < 4.78 is 0. The molecule has 0 fully saturated rings. The number of benzene rings is 4. The van der Waals surface area contributed by atoms with Gasteiger partial charge in [-0.05, 0) is 87.7 Å². The average molecular weight is 575 g/mol. The number of hydrogen-bond acceptors (Lipinski definition) is 2. The van der Waals surface area contributed by atoms with Crippen molar-refractivity contribution in [3.05, 3.63) is 132 Å². The summed E-state index contributed by atoms with van der Waals surface area (Å²) in [5.74, 6) is 1.46. The molecule has 2 aliphatic carbocycles. The molecule has 0 N–H and O–H groups in total. The molecular formula is C42H42N2. The Morgan fingerprint density at radius 1 is 0.909 bits per heavy atom. The number of hydrogen-bond donors (Lipinski definition) is 0. The van der Waals surface area contributed by atoms with Crippen molar-refractivity contribution in [1.82, 2.24) is 4.90 Å². The molecule has 0 radical (unpaired) electrons. The number of rotatable bonds is 5. The molecule has 0 saturated heterocycles. The van der Waals surface area contributed by atoms with Gasteiger partial charge in [-0.2, -0.15) is 0 Å². The van der Waals surface area contributed by atoms with Gasteiger partial charge in [-0.25, -0.2) is 0 Å². The molecule has 0 saturated carbocycles. The van der Waals surface area contributed by atoms with Gasteiger partial charge in [0, 0.05) is 17.0 Å². The van der Waals surface area contributed by atoms with Gasteiger partial charge in [0.2, 0.25) is 0 Å². The van der Waals surface area contributed by atoms with E-state index in [1.165, 1.54) is 60.9 Å². The van der Waals surface area contributed by atoms with Crippen LogP contribution in [-0.2, 0) is 0 Å². The number of nitrogens with zero attached hydrogens (tertiary/aromatic N) is 2. The van der Waals surface area contributed by atoms with E-state index in [0.29, 0.717) is 6.04 Å². The number of aliphatic imine (C=N–C) groups is 1. The molecule has 4 aromatic carbocycles. The van der Waals surface area contributed by atoms with Crippen LogP contribution in [0.15, 0.2) is 120 Å². The average Bonchev–Trinajstić information content (AvgIpc) is 3.45. The smallest absolute Gasteiger partial charge is 0.110 e. The van der Waals surface area contributed by atoms with Crippen LogP contribution in [0.2, 0.25) is 0 Å². The molecule has 3 unspecified atom stereocenters. The molecule has 44 heavy (non-hydrogen) atoms.